The van der Waals surface area contributed by atoms with Crippen molar-refractivity contribution in [2.75, 3.05) is 13.2 Å². The second kappa shape index (κ2) is 13.9. The molecule has 0 fully saturated rings. The van der Waals surface area contributed by atoms with E-state index in [4.69, 9.17) is 9.47 Å². The molecule has 2 rings (SSSR count). The molecule has 1 aromatic carbocycles. The molecule has 0 saturated heterocycles. The number of benzene rings is 1. The van der Waals surface area contributed by atoms with Crippen LogP contribution >= 0.6 is 0 Å². The maximum Gasteiger partial charge on any atom is 0.460 e. The van der Waals surface area contributed by atoms with Gasteiger partial charge in [0.15, 0.2) is 0 Å². The van der Waals surface area contributed by atoms with E-state index in [9.17, 15) is 76.8 Å². The van der Waals surface area contributed by atoms with Gasteiger partial charge in [0.2, 0.25) is 0 Å². The van der Waals surface area contributed by atoms with E-state index in [2.05, 4.69) is 5.32 Å². The largest absolute Gasteiger partial charge is 0.462 e. The fraction of sp³-hybridized carbons (Fsp3) is 0.586. The lowest BCUT2D eigenvalue weighted by Crippen LogP contribution is -2.70. The average molecular weight is 749 g/mol. The number of esters is 2. The molecule has 0 spiro atoms. The molecule has 1 heterocycles. The third-order valence-electron chi connectivity index (χ3n) is 7.12. The van der Waals surface area contributed by atoms with Crippen LogP contribution < -0.4 is 5.32 Å². The topological polar surface area (TPSA) is 108 Å². The summed E-state index contributed by atoms with van der Waals surface area (Å²) in [6.45, 7) is 6.19. The molecule has 1 atom stereocenters. The quantitative estimate of drug-likeness (QED) is 0.0709. The van der Waals surface area contributed by atoms with Crippen molar-refractivity contribution in [1.29, 1.82) is 0 Å². The van der Waals surface area contributed by atoms with Gasteiger partial charge in [0.25, 0.3) is 5.69 Å². The van der Waals surface area contributed by atoms with E-state index in [1.165, 1.54) is 26.0 Å². The summed E-state index contributed by atoms with van der Waals surface area (Å²) in [5.41, 5.74) is -1.93. The van der Waals surface area contributed by atoms with Crippen molar-refractivity contribution in [3.05, 3.63) is 62.5 Å². The predicted octanol–water partition coefficient (Wildman–Crippen LogP) is 8.48. The molecule has 1 unspecified atom stereocenters. The van der Waals surface area contributed by atoms with Gasteiger partial charge in [-0.3, -0.25) is 10.1 Å². The van der Waals surface area contributed by atoms with Gasteiger partial charge in [-0.2, -0.15) is 57.1 Å². The first-order chi connectivity index (χ1) is 22.4. The van der Waals surface area contributed by atoms with Crippen molar-refractivity contribution in [3.8, 4) is 0 Å². The monoisotopic (exact) mass is 748 g/mol. The van der Waals surface area contributed by atoms with E-state index in [1.807, 2.05) is 0 Å². The number of non-ortho nitro benzene ring substituents is 1. The zero-order valence-electron chi connectivity index (χ0n) is 26.5. The Hall–Kier alpha value is -4.07. The van der Waals surface area contributed by atoms with Crippen LogP contribution in [-0.2, 0) is 19.1 Å². The highest BCUT2D eigenvalue weighted by Gasteiger charge is 2.90. The molecule has 0 aromatic heterocycles. The Morgan fingerprint density at radius 2 is 1.26 bits per heavy atom. The van der Waals surface area contributed by atoms with Crippen LogP contribution in [-0.4, -0.2) is 65.9 Å². The summed E-state index contributed by atoms with van der Waals surface area (Å²) < 4.78 is 184. The Bertz CT molecular complexity index is 1550. The van der Waals surface area contributed by atoms with Gasteiger partial charge in [-0.1, -0.05) is 32.9 Å². The molecule has 0 radical (unpaired) electrons. The highest BCUT2D eigenvalue weighted by Crippen LogP contribution is 2.60. The van der Waals surface area contributed by atoms with Crippen molar-refractivity contribution < 1.29 is 81.1 Å². The van der Waals surface area contributed by atoms with Gasteiger partial charge in [0.1, 0.15) is 0 Å². The molecular formula is C29H29F13N2O6. The summed E-state index contributed by atoms with van der Waals surface area (Å²) in [6.07, 6.45) is -11.7. The number of nitrogens with zero attached hydrogens (tertiary/aromatic N) is 1. The summed E-state index contributed by atoms with van der Waals surface area (Å²) in [4.78, 5) is 37.1. The molecule has 1 aliphatic rings. The first kappa shape index (κ1) is 42.1. The smallest absolute Gasteiger partial charge is 0.460 e. The number of carbonyl (C=O) groups excluding carboxylic acids is 2. The first-order valence-corrected chi connectivity index (χ1v) is 14.1. The van der Waals surface area contributed by atoms with Gasteiger partial charge in [0, 0.05) is 29.9 Å². The van der Waals surface area contributed by atoms with Crippen molar-refractivity contribution in [3.63, 3.8) is 0 Å². The Morgan fingerprint density at radius 1 is 0.780 bits per heavy atom. The fourth-order valence-corrected chi connectivity index (χ4v) is 4.54. The van der Waals surface area contributed by atoms with Gasteiger partial charge in [-0.15, -0.1) is 0 Å². The van der Waals surface area contributed by atoms with Crippen LogP contribution in [0.2, 0.25) is 0 Å². The van der Waals surface area contributed by atoms with E-state index in [0.717, 1.165) is 12.1 Å². The second-order valence-electron chi connectivity index (χ2n) is 12.4. The zero-order chi connectivity index (χ0) is 39.1. The summed E-state index contributed by atoms with van der Waals surface area (Å²) in [7, 11) is 0. The number of rotatable bonds is 13. The molecule has 0 bridgehead atoms. The number of alkyl halides is 13. The molecular weight excluding hydrogens is 719 g/mol. The molecule has 1 N–H and O–H groups in total. The summed E-state index contributed by atoms with van der Waals surface area (Å²) in [6, 6.07) is 4.48. The SMILES string of the molecule is CC1=C(C(=O)OCCCC(F)(F)C(F)(F)C(F)(F)C(F)(F)C(F)(F)C(F)(F)F)C(c2cccc([N+](=O)[O-])c2)C(C(=O)OCC(C)(C)C)=C(C)N1. The summed E-state index contributed by atoms with van der Waals surface area (Å²) in [5.74, 6) is -41.8. The van der Waals surface area contributed by atoms with Crippen LogP contribution in [0.1, 0.15) is 58.9 Å². The molecule has 50 heavy (non-hydrogen) atoms. The summed E-state index contributed by atoms with van der Waals surface area (Å²) >= 11 is 0. The number of hydrogen-bond donors (Lipinski definition) is 1. The van der Waals surface area contributed by atoms with Crippen molar-refractivity contribution in [1.82, 2.24) is 5.32 Å². The van der Waals surface area contributed by atoms with Gasteiger partial charge in [-0.05, 0) is 31.2 Å². The van der Waals surface area contributed by atoms with E-state index in [1.54, 1.807) is 20.8 Å². The minimum Gasteiger partial charge on any atom is -0.462 e. The third kappa shape index (κ3) is 7.95. The number of nitro groups is 1. The molecule has 0 amide bonds. The Labute approximate surface area is 274 Å². The number of halogens is 13. The number of dihydropyridines is 1. The molecule has 282 valence electrons. The molecule has 8 nitrogen and oxygen atoms in total. The zero-order valence-corrected chi connectivity index (χ0v) is 26.5. The number of allylic oxidation sites excluding steroid dienone is 2. The lowest BCUT2D eigenvalue weighted by atomic mass is 9.80. The average Bonchev–Trinajstić information content (AvgIpc) is 2.96. The molecule has 21 heteroatoms. The van der Waals surface area contributed by atoms with Gasteiger partial charge >= 0.3 is 47.7 Å². The van der Waals surface area contributed by atoms with Crippen molar-refractivity contribution >= 4 is 17.6 Å². The maximum absolute atomic E-state index is 14.2. The molecule has 0 saturated carbocycles. The number of nitrogens with one attached hydrogen (secondary N) is 1. The minimum absolute atomic E-state index is 0.0703. The number of ether oxygens (including phenoxy) is 2. The van der Waals surface area contributed by atoms with Gasteiger partial charge in [-0.25, -0.2) is 9.59 Å². The maximum atomic E-state index is 14.2. The lowest BCUT2D eigenvalue weighted by Gasteiger charge is -2.39. The van der Waals surface area contributed by atoms with E-state index in [0.29, 0.717) is 0 Å². The number of hydrogen-bond acceptors (Lipinski definition) is 7. The summed E-state index contributed by atoms with van der Waals surface area (Å²) in [5, 5.41) is 14.1. The third-order valence-corrected chi connectivity index (χ3v) is 7.12. The molecule has 1 aromatic rings. The van der Waals surface area contributed by atoms with Crippen LogP contribution in [0, 0.1) is 15.5 Å². The van der Waals surface area contributed by atoms with Gasteiger partial charge < -0.3 is 14.8 Å². The normalized spacial score (nSPS) is 17.0. The van der Waals surface area contributed by atoms with Crippen LogP contribution in [0.5, 0.6) is 0 Å². The Balaban J connectivity index is 2.39. The molecule has 0 aliphatic carbocycles. The predicted molar refractivity (Wildman–Crippen MR) is 146 cm³/mol. The Kier molecular flexibility index (Phi) is 11.7. The lowest BCUT2D eigenvalue weighted by molar-refractivity contribution is -0.440. The van der Waals surface area contributed by atoms with Gasteiger partial charge in [0.05, 0.1) is 35.2 Å². The minimum atomic E-state index is -8.05. The number of nitro benzene ring substituents is 1. The number of carbonyl (C=O) groups is 2. The standard InChI is InChI=1S/C29H29F13N2O6/c1-14-18(20(16-8-6-9-17(12-16)44(47)48)19(15(2)43-14)22(46)50-13-23(3,4)5)21(45)49-11-7-10-24(30,31)25(32,33)26(34,35)27(36,37)28(38,39)29(40,41)42/h6,8-9,12,20,43H,7,10-11,13H2,1-5H3. The van der Waals surface area contributed by atoms with E-state index >= 15 is 0 Å². The van der Waals surface area contributed by atoms with Crippen LogP contribution in [0.15, 0.2) is 46.8 Å². The van der Waals surface area contributed by atoms with Crippen LogP contribution in [0.3, 0.4) is 0 Å². The van der Waals surface area contributed by atoms with E-state index < -0.39 is 94.7 Å². The second-order valence-corrected chi connectivity index (χ2v) is 12.4. The Morgan fingerprint density at radius 3 is 1.72 bits per heavy atom. The van der Waals surface area contributed by atoms with Crippen LogP contribution in [0.4, 0.5) is 62.8 Å². The van der Waals surface area contributed by atoms with Crippen LogP contribution in [0.25, 0.3) is 0 Å². The highest BCUT2D eigenvalue weighted by molar-refractivity contribution is 6.00. The molecule has 1 aliphatic heterocycles. The fourth-order valence-electron chi connectivity index (χ4n) is 4.54. The van der Waals surface area contributed by atoms with Crippen molar-refractivity contribution in [2.45, 2.75) is 89.2 Å². The van der Waals surface area contributed by atoms with Crippen molar-refractivity contribution in [2.24, 2.45) is 5.41 Å². The first-order valence-electron chi connectivity index (χ1n) is 14.1. The van der Waals surface area contributed by atoms with E-state index in [-0.39, 0.29) is 29.1 Å². The highest BCUT2D eigenvalue weighted by atomic mass is 19.4.